The molecule has 0 spiro atoms. The van der Waals surface area contributed by atoms with Crippen molar-refractivity contribution in [2.45, 2.75) is 19.4 Å². The highest BCUT2D eigenvalue weighted by atomic mass is 15.3. The second kappa shape index (κ2) is 4.68. The van der Waals surface area contributed by atoms with Gasteiger partial charge in [0.1, 0.15) is 0 Å². The molecule has 0 saturated heterocycles. The highest BCUT2D eigenvalue weighted by Gasteiger charge is 2.10. The van der Waals surface area contributed by atoms with E-state index in [0.717, 1.165) is 6.42 Å². The monoisotopic (exact) mass is 177 g/mol. The molecule has 1 N–H and O–H groups in total. The number of nitrogens with one attached hydrogen (secondary N) is 1. The van der Waals surface area contributed by atoms with E-state index < -0.39 is 0 Å². The zero-order valence-electron chi connectivity index (χ0n) is 8.33. The number of nitrogens with zero attached hydrogens (tertiary/aromatic N) is 2. The topological polar surface area (TPSA) is 29.9 Å². The lowest BCUT2D eigenvalue weighted by Gasteiger charge is -2.12. The second-order valence-electron chi connectivity index (χ2n) is 2.85. The first-order valence-electron chi connectivity index (χ1n) is 4.34. The summed E-state index contributed by atoms with van der Waals surface area (Å²) in [6.07, 6.45) is 2.63. The summed E-state index contributed by atoms with van der Waals surface area (Å²) in [7, 11) is 3.88. The van der Waals surface area contributed by atoms with E-state index in [0.29, 0.717) is 0 Å². The van der Waals surface area contributed by atoms with Crippen LogP contribution in [0.2, 0.25) is 0 Å². The standard InChI is InChI=1S/C10H15N3/c1-4-5-6-9(11-2)10-7-8-12-13(10)3/h7-9,11H,6H2,1-3H3. The first kappa shape index (κ1) is 9.82. The third-order valence-corrected chi connectivity index (χ3v) is 2.05. The largest absolute Gasteiger partial charge is 0.311 e. The zero-order valence-corrected chi connectivity index (χ0v) is 8.33. The van der Waals surface area contributed by atoms with Crippen molar-refractivity contribution in [3.05, 3.63) is 18.0 Å². The van der Waals surface area contributed by atoms with Crippen LogP contribution in [0.15, 0.2) is 12.3 Å². The average Bonchev–Trinajstić information content (AvgIpc) is 2.54. The highest BCUT2D eigenvalue weighted by Crippen LogP contribution is 2.13. The molecule has 1 aromatic heterocycles. The minimum absolute atomic E-state index is 0.278. The Kier molecular flexibility index (Phi) is 3.53. The number of rotatable bonds is 3. The average molecular weight is 177 g/mol. The van der Waals surface area contributed by atoms with Gasteiger partial charge in [0, 0.05) is 19.7 Å². The molecule has 70 valence electrons. The highest BCUT2D eigenvalue weighted by molar-refractivity contribution is 5.11. The van der Waals surface area contributed by atoms with Crippen LogP contribution in [0, 0.1) is 11.8 Å². The van der Waals surface area contributed by atoms with Gasteiger partial charge in [-0.25, -0.2) is 0 Å². The van der Waals surface area contributed by atoms with Crippen LogP contribution in [-0.2, 0) is 7.05 Å². The molecule has 1 unspecified atom stereocenters. The summed E-state index contributed by atoms with van der Waals surface area (Å²) in [5, 5.41) is 7.34. The van der Waals surface area contributed by atoms with Crippen molar-refractivity contribution in [1.29, 1.82) is 0 Å². The van der Waals surface area contributed by atoms with Gasteiger partial charge in [0.2, 0.25) is 0 Å². The maximum absolute atomic E-state index is 4.12. The third kappa shape index (κ3) is 2.33. The Labute approximate surface area is 79.1 Å². The molecule has 0 fully saturated rings. The molecule has 3 nitrogen and oxygen atoms in total. The molecule has 0 aromatic carbocycles. The second-order valence-corrected chi connectivity index (χ2v) is 2.85. The fraction of sp³-hybridized carbons (Fsp3) is 0.500. The fourth-order valence-corrected chi connectivity index (χ4v) is 1.28. The lowest BCUT2D eigenvalue weighted by atomic mass is 10.1. The quantitative estimate of drug-likeness (QED) is 0.700. The Bertz CT molecular complexity index is 316. The maximum Gasteiger partial charge on any atom is 0.0600 e. The molecule has 0 aliphatic heterocycles. The molecule has 0 amide bonds. The van der Waals surface area contributed by atoms with Gasteiger partial charge < -0.3 is 5.32 Å². The van der Waals surface area contributed by atoms with Gasteiger partial charge in [-0.3, -0.25) is 4.68 Å². The summed E-state index contributed by atoms with van der Waals surface area (Å²) in [6, 6.07) is 2.29. The molecule has 1 aromatic rings. The van der Waals surface area contributed by atoms with Crippen LogP contribution in [0.5, 0.6) is 0 Å². The van der Waals surface area contributed by atoms with Gasteiger partial charge in [-0.2, -0.15) is 5.10 Å². The summed E-state index contributed by atoms with van der Waals surface area (Å²) < 4.78 is 1.87. The van der Waals surface area contributed by atoms with Crippen LogP contribution < -0.4 is 5.32 Å². The molecule has 1 atom stereocenters. The van der Waals surface area contributed by atoms with Crippen LogP contribution in [-0.4, -0.2) is 16.8 Å². The van der Waals surface area contributed by atoms with Gasteiger partial charge in [-0.05, 0) is 20.0 Å². The number of hydrogen-bond acceptors (Lipinski definition) is 2. The van der Waals surface area contributed by atoms with E-state index in [1.165, 1.54) is 5.69 Å². The van der Waals surface area contributed by atoms with Gasteiger partial charge in [0.05, 0.1) is 11.7 Å². The smallest absolute Gasteiger partial charge is 0.0600 e. The van der Waals surface area contributed by atoms with E-state index in [9.17, 15) is 0 Å². The predicted molar refractivity (Wildman–Crippen MR) is 53.1 cm³/mol. The summed E-state index contributed by atoms with van der Waals surface area (Å²) >= 11 is 0. The van der Waals surface area contributed by atoms with Gasteiger partial charge >= 0.3 is 0 Å². The van der Waals surface area contributed by atoms with E-state index in [4.69, 9.17) is 0 Å². The van der Waals surface area contributed by atoms with E-state index >= 15 is 0 Å². The molecule has 0 aliphatic carbocycles. The van der Waals surface area contributed by atoms with Gasteiger partial charge in [0.15, 0.2) is 0 Å². The van der Waals surface area contributed by atoms with Crippen molar-refractivity contribution in [2.75, 3.05) is 7.05 Å². The SMILES string of the molecule is CC#CCC(NC)c1ccnn1C. The van der Waals surface area contributed by atoms with Crippen LogP contribution in [0.1, 0.15) is 25.1 Å². The molecule has 0 saturated carbocycles. The molecular formula is C10H15N3. The third-order valence-electron chi connectivity index (χ3n) is 2.05. The predicted octanol–water partition coefficient (Wildman–Crippen LogP) is 1.09. The van der Waals surface area contributed by atoms with E-state index in [-0.39, 0.29) is 6.04 Å². The van der Waals surface area contributed by atoms with Crippen molar-refractivity contribution in [2.24, 2.45) is 7.05 Å². The van der Waals surface area contributed by atoms with Crippen molar-refractivity contribution in [3.63, 3.8) is 0 Å². The molecular weight excluding hydrogens is 162 g/mol. The van der Waals surface area contributed by atoms with E-state index in [2.05, 4.69) is 22.3 Å². The first-order chi connectivity index (χ1) is 6.29. The van der Waals surface area contributed by atoms with Crippen molar-refractivity contribution < 1.29 is 0 Å². The van der Waals surface area contributed by atoms with Crippen LogP contribution in [0.4, 0.5) is 0 Å². The Balaban J connectivity index is 2.76. The molecule has 3 heteroatoms. The first-order valence-corrected chi connectivity index (χ1v) is 4.34. The fourth-order valence-electron chi connectivity index (χ4n) is 1.28. The molecule has 1 heterocycles. The van der Waals surface area contributed by atoms with Crippen molar-refractivity contribution >= 4 is 0 Å². The molecule has 0 radical (unpaired) electrons. The Morgan fingerprint density at radius 2 is 2.46 bits per heavy atom. The van der Waals surface area contributed by atoms with Gasteiger partial charge in [-0.1, -0.05) is 0 Å². The van der Waals surface area contributed by atoms with Crippen molar-refractivity contribution in [1.82, 2.24) is 15.1 Å². The molecule has 0 bridgehead atoms. The minimum atomic E-state index is 0.278. The Morgan fingerprint density at radius 1 is 1.69 bits per heavy atom. The van der Waals surface area contributed by atoms with E-state index in [1.54, 1.807) is 6.20 Å². The Hall–Kier alpha value is -1.27. The van der Waals surface area contributed by atoms with E-state index in [1.807, 2.05) is 31.8 Å². The van der Waals surface area contributed by atoms with Crippen LogP contribution in [0.3, 0.4) is 0 Å². The lowest BCUT2D eigenvalue weighted by Crippen LogP contribution is -2.18. The molecule has 1 rings (SSSR count). The van der Waals surface area contributed by atoms with Crippen LogP contribution >= 0.6 is 0 Å². The Morgan fingerprint density at radius 3 is 2.92 bits per heavy atom. The number of aromatic nitrogens is 2. The zero-order chi connectivity index (χ0) is 9.68. The number of hydrogen-bond donors (Lipinski definition) is 1. The van der Waals surface area contributed by atoms with Crippen molar-refractivity contribution in [3.8, 4) is 11.8 Å². The number of aryl methyl sites for hydroxylation is 1. The maximum atomic E-state index is 4.12. The summed E-state index contributed by atoms with van der Waals surface area (Å²) in [5.74, 6) is 5.96. The summed E-state index contributed by atoms with van der Waals surface area (Å²) in [6.45, 7) is 1.86. The normalized spacial score (nSPS) is 11.9. The summed E-state index contributed by atoms with van der Waals surface area (Å²) in [4.78, 5) is 0. The van der Waals surface area contributed by atoms with Gasteiger partial charge in [-0.15, -0.1) is 11.8 Å². The minimum Gasteiger partial charge on any atom is -0.311 e. The lowest BCUT2D eigenvalue weighted by molar-refractivity contribution is 0.551. The molecule has 13 heavy (non-hydrogen) atoms. The molecule has 0 aliphatic rings. The van der Waals surface area contributed by atoms with Gasteiger partial charge in [0.25, 0.3) is 0 Å². The van der Waals surface area contributed by atoms with Crippen LogP contribution in [0.25, 0.3) is 0 Å². The summed E-state index contributed by atoms with van der Waals surface area (Å²) in [5.41, 5.74) is 1.17.